The molecule has 0 radical (unpaired) electrons. The van der Waals surface area contributed by atoms with Crippen LogP contribution in [0.1, 0.15) is 24.0 Å². The topological polar surface area (TPSA) is 41.6 Å². The molecule has 0 aliphatic carbocycles. The molecule has 1 heterocycles. The van der Waals surface area contributed by atoms with Gasteiger partial charge >= 0.3 is 6.03 Å². The van der Waals surface area contributed by atoms with Gasteiger partial charge in [-0.25, -0.2) is 4.79 Å². The summed E-state index contributed by atoms with van der Waals surface area (Å²) in [5, 5.41) is 2.94. The van der Waals surface area contributed by atoms with Gasteiger partial charge in [0.15, 0.2) is 0 Å². The summed E-state index contributed by atoms with van der Waals surface area (Å²) in [6.07, 6.45) is 1.89. The fraction of sp³-hybridized carbons (Fsp3) is 0.350. The molecule has 1 N–H and O–H groups in total. The molecule has 0 unspecified atom stereocenters. The van der Waals surface area contributed by atoms with Crippen LogP contribution in [0.4, 0.5) is 10.5 Å². The minimum Gasteiger partial charge on any atom is -0.490 e. The van der Waals surface area contributed by atoms with Crippen molar-refractivity contribution in [1.29, 1.82) is 0 Å². The Hall–Kier alpha value is -2.49. The first kappa shape index (κ1) is 16.4. The Bertz CT molecular complexity index is 672. The summed E-state index contributed by atoms with van der Waals surface area (Å²) in [6, 6.07) is 15.7. The van der Waals surface area contributed by atoms with Gasteiger partial charge in [-0.2, -0.15) is 0 Å². The van der Waals surface area contributed by atoms with E-state index in [9.17, 15) is 4.79 Å². The number of likely N-dealkylation sites (tertiary alicyclic amines) is 1. The third kappa shape index (κ3) is 3.88. The summed E-state index contributed by atoms with van der Waals surface area (Å²) < 4.78 is 6.20. The number of para-hydroxylation sites is 2. The second-order valence-electron chi connectivity index (χ2n) is 6.32. The minimum absolute atomic E-state index is 0.0354. The number of hydrogen-bond acceptors (Lipinski definition) is 2. The number of nitrogens with one attached hydrogen (secondary N) is 1. The molecular weight excluding hydrogens is 300 g/mol. The molecule has 24 heavy (non-hydrogen) atoms. The van der Waals surface area contributed by atoms with Crippen LogP contribution < -0.4 is 10.1 Å². The molecular formula is C20H24N2O2. The van der Waals surface area contributed by atoms with E-state index >= 15 is 0 Å². The molecule has 0 spiro atoms. The minimum atomic E-state index is -0.0354. The van der Waals surface area contributed by atoms with Crippen LogP contribution in [0.2, 0.25) is 0 Å². The highest BCUT2D eigenvalue weighted by Crippen LogP contribution is 2.26. The van der Waals surface area contributed by atoms with E-state index in [1.165, 1.54) is 11.1 Å². The zero-order chi connectivity index (χ0) is 16.9. The Morgan fingerprint density at radius 3 is 2.25 bits per heavy atom. The lowest BCUT2D eigenvalue weighted by Gasteiger charge is -2.32. The van der Waals surface area contributed by atoms with Crippen molar-refractivity contribution in [2.75, 3.05) is 18.4 Å². The van der Waals surface area contributed by atoms with Crippen LogP contribution in [0.3, 0.4) is 0 Å². The van der Waals surface area contributed by atoms with Gasteiger partial charge in [0.1, 0.15) is 11.9 Å². The highest BCUT2D eigenvalue weighted by molar-refractivity contribution is 5.89. The maximum absolute atomic E-state index is 12.3. The number of urea groups is 1. The average Bonchev–Trinajstić information content (AvgIpc) is 2.60. The van der Waals surface area contributed by atoms with E-state index in [1.54, 1.807) is 0 Å². The van der Waals surface area contributed by atoms with Crippen LogP contribution in [-0.2, 0) is 0 Å². The van der Waals surface area contributed by atoms with Gasteiger partial charge in [-0.05, 0) is 37.1 Å². The highest BCUT2D eigenvalue weighted by atomic mass is 16.5. The number of rotatable bonds is 3. The molecule has 0 aromatic heterocycles. The third-order valence-electron chi connectivity index (χ3n) is 4.45. The van der Waals surface area contributed by atoms with Gasteiger partial charge in [0.2, 0.25) is 0 Å². The van der Waals surface area contributed by atoms with Gasteiger partial charge in [-0.15, -0.1) is 0 Å². The van der Waals surface area contributed by atoms with E-state index in [0.29, 0.717) is 13.1 Å². The van der Waals surface area contributed by atoms with Crippen LogP contribution >= 0.6 is 0 Å². The fourth-order valence-corrected chi connectivity index (χ4v) is 3.05. The first-order valence-electron chi connectivity index (χ1n) is 8.47. The second kappa shape index (κ2) is 7.39. The lowest BCUT2D eigenvalue weighted by molar-refractivity contribution is 0.114. The molecule has 126 valence electrons. The number of anilines is 1. The van der Waals surface area contributed by atoms with E-state index in [4.69, 9.17) is 4.74 Å². The number of ether oxygens (including phenoxy) is 1. The molecule has 4 heteroatoms. The number of hydrogen-bond donors (Lipinski definition) is 1. The molecule has 0 atom stereocenters. The molecule has 1 saturated heterocycles. The number of nitrogens with zero attached hydrogens (tertiary/aromatic N) is 1. The Morgan fingerprint density at radius 2 is 1.62 bits per heavy atom. The molecule has 1 aliphatic heterocycles. The summed E-state index contributed by atoms with van der Waals surface area (Å²) in [5.41, 5.74) is 3.16. The van der Waals surface area contributed by atoms with Crippen LogP contribution in [-0.4, -0.2) is 30.1 Å². The number of benzene rings is 2. The quantitative estimate of drug-likeness (QED) is 0.910. The number of carbonyl (C=O) groups is 1. The van der Waals surface area contributed by atoms with Crippen molar-refractivity contribution < 1.29 is 9.53 Å². The number of piperidine rings is 1. The SMILES string of the molecule is Cc1cccc(C)c1OC1CCN(C(=O)Nc2ccccc2)CC1. The number of carbonyl (C=O) groups excluding carboxylic acids is 1. The Kier molecular flexibility index (Phi) is 5.04. The monoisotopic (exact) mass is 324 g/mol. The van der Waals surface area contributed by atoms with E-state index in [1.807, 2.05) is 41.3 Å². The third-order valence-corrected chi connectivity index (χ3v) is 4.45. The molecule has 4 nitrogen and oxygen atoms in total. The summed E-state index contributed by atoms with van der Waals surface area (Å²) >= 11 is 0. The Morgan fingerprint density at radius 1 is 1.00 bits per heavy atom. The molecule has 0 saturated carbocycles. The van der Waals surface area contributed by atoms with Crippen molar-refractivity contribution in [3.63, 3.8) is 0 Å². The fourth-order valence-electron chi connectivity index (χ4n) is 3.05. The zero-order valence-electron chi connectivity index (χ0n) is 14.3. The van der Waals surface area contributed by atoms with Crippen molar-refractivity contribution in [1.82, 2.24) is 4.90 Å². The van der Waals surface area contributed by atoms with Crippen molar-refractivity contribution in [3.05, 3.63) is 59.7 Å². The Labute approximate surface area is 143 Å². The smallest absolute Gasteiger partial charge is 0.321 e. The van der Waals surface area contributed by atoms with Crippen molar-refractivity contribution in [3.8, 4) is 5.75 Å². The average molecular weight is 324 g/mol. The van der Waals surface area contributed by atoms with Crippen LogP contribution in [0.5, 0.6) is 5.75 Å². The highest BCUT2D eigenvalue weighted by Gasteiger charge is 2.24. The molecule has 1 aliphatic rings. The molecule has 0 bridgehead atoms. The zero-order valence-corrected chi connectivity index (χ0v) is 14.3. The molecule has 2 aromatic carbocycles. The molecule has 1 fully saturated rings. The second-order valence-corrected chi connectivity index (χ2v) is 6.32. The summed E-state index contributed by atoms with van der Waals surface area (Å²) in [6.45, 7) is 5.58. The number of amides is 2. The van der Waals surface area contributed by atoms with E-state index < -0.39 is 0 Å². The van der Waals surface area contributed by atoms with E-state index in [2.05, 4.69) is 31.3 Å². The lowest BCUT2D eigenvalue weighted by Crippen LogP contribution is -2.43. The first-order chi connectivity index (χ1) is 11.6. The predicted octanol–water partition coefficient (Wildman–Crippen LogP) is 4.38. The van der Waals surface area contributed by atoms with E-state index in [-0.39, 0.29) is 12.1 Å². The molecule has 2 amide bonds. The summed E-state index contributed by atoms with van der Waals surface area (Å²) in [7, 11) is 0. The van der Waals surface area contributed by atoms with Gasteiger partial charge in [0.25, 0.3) is 0 Å². The molecule has 3 rings (SSSR count). The van der Waals surface area contributed by atoms with Crippen LogP contribution in [0.25, 0.3) is 0 Å². The summed E-state index contributed by atoms with van der Waals surface area (Å²) in [5.74, 6) is 0.990. The van der Waals surface area contributed by atoms with Gasteiger partial charge in [-0.3, -0.25) is 0 Å². The van der Waals surface area contributed by atoms with Gasteiger partial charge < -0.3 is 15.0 Å². The first-order valence-corrected chi connectivity index (χ1v) is 8.47. The standard InChI is InChI=1S/C20H24N2O2/c1-15-7-6-8-16(2)19(15)24-18-11-13-22(14-12-18)20(23)21-17-9-4-3-5-10-17/h3-10,18H,11-14H2,1-2H3,(H,21,23). The van der Waals surface area contributed by atoms with E-state index in [0.717, 1.165) is 24.3 Å². The normalized spacial score (nSPS) is 15.2. The Balaban J connectivity index is 1.53. The maximum atomic E-state index is 12.3. The maximum Gasteiger partial charge on any atom is 0.321 e. The number of aryl methyl sites for hydroxylation is 2. The molecule has 2 aromatic rings. The predicted molar refractivity (Wildman–Crippen MR) is 96.6 cm³/mol. The largest absolute Gasteiger partial charge is 0.490 e. The van der Waals surface area contributed by atoms with Crippen molar-refractivity contribution >= 4 is 11.7 Å². The van der Waals surface area contributed by atoms with Gasteiger partial charge in [0, 0.05) is 31.6 Å². The summed E-state index contributed by atoms with van der Waals surface area (Å²) in [4.78, 5) is 14.2. The van der Waals surface area contributed by atoms with Crippen molar-refractivity contribution in [2.24, 2.45) is 0 Å². The lowest BCUT2D eigenvalue weighted by atomic mass is 10.1. The van der Waals surface area contributed by atoms with Gasteiger partial charge in [-0.1, -0.05) is 36.4 Å². The van der Waals surface area contributed by atoms with Crippen LogP contribution in [0, 0.1) is 13.8 Å². The van der Waals surface area contributed by atoms with Crippen LogP contribution in [0.15, 0.2) is 48.5 Å². The van der Waals surface area contributed by atoms with Gasteiger partial charge in [0.05, 0.1) is 0 Å². The van der Waals surface area contributed by atoms with Crippen molar-refractivity contribution in [2.45, 2.75) is 32.8 Å².